The summed E-state index contributed by atoms with van der Waals surface area (Å²) in [6.45, 7) is 0. The molecular weight excluding hydrogens is 302 g/mol. The first-order valence-corrected chi connectivity index (χ1v) is 7.41. The number of benzene rings is 2. The van der Waals surface area contributed by atoms with Crippen LogP contribution >= 0.6 is 0 Å². The fraction of sp³-hybridized carbons (Fsp3) is 0. The molecular formula is C19H15N3O2. The van der Waals surface area contributed by atoms with Crippen LogP contribution in [0.5, 0.6) is 0 Å². The van der Waals surface area contributed by atoms with Gasteiger partial charge >= 0.3 is 0 Å². The van der Waals surface area contributed by atoms with Crippen molar-refractivity contribution in [1.82, 2.24) is 4.98 Å². The van der Waals surface area contributed by atoms with E-state index in [4.69, 9.17) is 0 Å². The van der Waals surface area contributed by atoms with Gasteiger partial charge in [0.1, 0.15) is 0 Å². The van der Waals surface area contributed by atoms with E-state index < -0.39 is 0 Å². The first-order chi connectivity index (χ1) is 11.7. The minimum Gasteiger partial charge on any atom is -0.320 e. The molecule has 2 aromatic carbocycles. The van der Waals surface area contributed by atoms with E-state index in [2.05, 4.69) is 15.6 Å². The molecule has 0 saturated carbocycles. The Balaban J connectivity index is 1.78. The van der Waals surface area contributed by atoms with Crippen molar-refractivity contribution >= 4 is 23.2 Å². The molecule has 1 heterocycles. The van der Waals surface area contributed by atoms with Crippen molar-refractivity contribution in [2.75, 3.05) is 10.6 Å². The molecule has 0 atom stereocenters. The van der Waals surface area contributed by atoms with Crippen LogP contribution in [0, 0.1) is 0 Å². The molecule has 0 saturated heterocycles. The number of hydrogen-bond acceptors (Lipinski definition) is 3. The van der Waals surface area contributed by atoms with Crippen molar-refractivity contribution in [3.63, 3.8) is 0 Å². The predicted molar refractivity (Wildman–Crippen MR) is 93.0 cm³/mol. The Hall–Kier alpha value is -3.47. The topological polar surface area (TPSA) is 71.1 Å². The number of carbonyl (C=O) groups excluding carboxylic acids is 2. The van der Waals surface area contributed by atoms with E-state index >= 15 is 0 Å². The number of nitrogens with one attached hydrogen (secondary N) is 2. The first-order valence-electron chi connectivity index (χ1n) is 7.41. The van der Waals surface area contributed by atoms with E-state index in [0.29, 0.717) is 22.5 Å². The number of nitrogens with zero attached hydrogens (tertiary/aromatic N) is 1. The molecule has 0 unspecified atom stereocenters. The largest absolute Gasteiger partial charge is 0.320 e. The SMILES string of the molecule is O=C(Nc1ccccc1NC(=O)c1cccnc1)c1ccccc1. The van der Waals surface area contributed by atoms with Gasteiger partial charge in [-0.2, -0.15) is 0 Å². The van der Waals surface area contributed by atoms with Gasteiger partial charge in [0.2, 0.25) is 0 Å². The monoisotopic (exact) mass is 317 g/mol. The van der Waals surface area contributed by atoms with Crippen LogP contribution in [0.2, 0.25) is 0 Å². The lowest BCUT2D eigenvalue weighted by molar-refractivity contribution is 0.101. The third-order valence-corrected chi connectivity index (χ3v) is 3.38. The predicted octanol–water partition coefficient (Wildman–Crippen LogP) is 3.59. The fourth-order valence-corrected chi connectivity index (χ4v) is 2.18. The van der Waals surface area contributed by atoms with Crippen molar-refractivity contribution in [1.29, 1.82) is 0 Å². The van der Waals surface area contributed by atoms with Gasteiger partial charge in [-0.1, -0.05) is 30.3 Å². The summed E-state index contributed by atoms with van der Waals surface area (Å²) in [5.74, 6) is -0.525. The highest BCUT2D eigenvalue weighted by atomic mass is 16.2. The van der Waals surface area contributed by atoms with Gasteiger partial charge < -0.3 is 10.6 Å². The molecule has 0 fully saturated rings. The highest BCUT2D eigenvalue weighted by Crippen LogP contribution is 2.22. The number of aromatic nitrogens is 1. The summed E-state index contributed by atoms with van der Waals surface area (Å²) in [6, 6.07) is 19.3. The lowest BCUT2D eigenvalue weighted by Crippen LogP contribution is -2.16. The van der Waals surface area contributed by atoms with Crippen LogP contribution in [-0.2, 0) is 0 Å². The van der Waals surface area contributed by atoms with Crippen LogP contribution in [0.3, 0.4) is 0 Å². The number of hydrogen-bond donors (Lipinski definition) is 2. The highest BCUT2D eigenvalue weighted by molar-refractivity contribution is 6.09. The van der Waals surface area contributed by atoms with Crippen LogP contribution in [0.1, 0.15) is 20.7 Å². The average molecular weight is 317 g/mol. The Kier molecular flexibility index (Phi) is 4.62. The second-order valence-corrected chi connectivity index (χ2v) is 5.06. The fourth-order valence-electron chi connectivity index (χ4n) is 2.18. The lowest BCUT2D eigenvalue weighted by atomic mass is 10.2. The lowest BCUT2D eigenvalue weighted by Gasteiger charge is -2.12. The third kappa shape index (κ3) is 3.64. The number of para-hydroxylation sites is 2. The number of rotatable bonds is 4. The van der Waals surface area contributed by atoms with Gasteiger partial charge in [0.25, 0.3) is 11.8 Å². The van der Waals surface area contributed by atoms with Crippen molar-refractivity contribution in [3.05, 3.63) is 90.3 Å². The number of amides is 2. The molecule has 0 radical (unpaired) electrons. The zero-order chi connectivity index (χ0) is 16.8. The second kappa shape index (κ2) is 7.19. The quantitative estimate of drug-likeness (QED) is 0.772. The van der Waals surface area contributed by atoms with Crippen LogP contribution in [0.25, 0.3) is 0 Å². The van der Waals surface area contributed by atoms with Crippen LogP contribution in [0.15, 0.2) is 79.1 Å². The minimum atomic E-state index is -0.287. The van der Waals surface area contributed by atoms with Crippen molar-refractivity contribution in [2.24, 2.45) is 0 Å². The summed E-state index contributed by atoms with van der Waals surface area (Å²) in [7, 11) is 0. The Morgan fingerprint density at radius 1 is 0.667 bits per heavy atom. The Morgan fingerprint density at radius 3 is 1.79 bits per heavy atom. The smallest absolute Gasteiger partial charge is 0.257 e. The summed E-state index contributed by atoms with van der Waals surface area (Å²) in [6.07, 6.45) is 3.09. The molecule has 5 nitrogen and oxygen atoms in total. The maximum atomic E-state index is 12.3. The Morgan fingerprint density at radius 2 is 1.21 bits per heavy atom. The Labute approximate surface area is 139 Å². The van der Waals surface area contributed by atoms with Gasteiger partial charge in [-0.15, -0.1) is 0 Å². The molecule has 0 spiro atoms. The number of pyridine rings is 1. The summed E-state index contributed by atoms with van der Waals surface area (Å²) in [5.41, 5.74) is 2.05. The standard InChI is InChI=1S/C19H15N3O2/c23-18(14-7-2-1-3-8-14)21-16-10-4-5-11-17(16)22-19(24)15-9-6-12-20-13-15/h1-13H,(H,21,23)(H,22,24). The van der Waals surface area contributed by atoms with E-state index in [1.54, 1.807) is 66.9 Å². The van der Waals surface area contributed by atoms with E-state index in [1.165, 1.54) is 6.20 Å². The van der Waals surface area contributed by atoms with Gasteiger partial charge in [-0.3, -0.25) is 14.6 Å². The zero-order valence-electron chi connectivity index (χ0n) is 12.8. The molecule has 2 amide bonds. The molecule has 0 aliphatic rings. The molecule has 0 aliphatic carbocycles. The maximum Gasteiger partial charge on any atom is 0.257 e. The normalized spacial score (nSPS) is 10.0. The molecule has 3 aromatic rings. The van der Waals surface area contributed by atoms with Crippen LogP contribution < -0.4 is 10.6 Å². The van der Waals surface area contributed by atoms with E-state index in [0.717, 1.165) is 0 Å². The summed E-state index contributed by atoms with van der Waals surface area (Å²) < 4.78 is 0. The molecule has 118 valence electrons. The van der Waals surface area contributed by atoms with E-state index in [9.17, 15) is 9.59 Å². The van der Waals surface area contributed by atoms with Crippen LogP contribution in [0.4, 0.5) is 11.4 Å². The van der Waals surface area contributed by atoms with E-state index in [1.807, 2.05) is 6.07 Å². The molecule has 0 bridgehead atoms. The van der Waals surface area contributed by atoms with Crippen molar-refractivity contribution in [2.45, 2.75) is 0 Å². The van der Waals surface area contributed by atoms with Gasteiger partial charge in [-0.25, -0.2) is 0 Å². The zero-order valence-corrected chi connectivity index (χ0v) is 12.8. The van der Waals surface area contributed by atoms with Gasteiger partial charge in [0, 0.05) is 18.0 Å². The average Bonchev–Trinajstić information content (AvgIpc) is 2.64. The highest BCUT2D eigenvalue weighted by Gasteiger charge is 2.11. The summed E-state index contributed by atoms with van der Waals surface area (Å²) >= 11 is 0. The van der Waals surface area contributed by atoms with Gasteiger partial charge in [-0.05, 0) is 36.4 Å². The molecule has 5 heteroatoms. The Bertz CT molecular complexity index is 776. The van der Waals surface area contributed by atoms with Crippen molar-refractivity contribution in [3.8, 4) is 0 Å². The van der Waals surface area contributed by atoms with Crippen LogP contribution in [-0.4, -0.2) is 16.8 Å². The number of anilines is 2. The van der Waals surface area contributed by atoms with Gasteiger partial charge in [0.15, 0.2) is 0 Å². The second-order valence-electron chi connectivity index (χ2n) is 5.06. The molecule has 3 rings (SSSR count). The third-order valence-electron chi connectivity index (χ3n) is 3.38. The molecule has 24 heavy (non-hydrogen) atoms. The molecule has 2 N–H and O–H groups in total. The van der Waals surface area contributed by atoms with Gasteiger partial charge in [0.05, 0.1) is 16.9 Å². The maximum absolute atomic E-state index is 12.3. The summed E-state index contributed by atoms with van der Waals surface area (Å²) in [5, 5.41) is 5.60. The first kappa shape index (κ1) is 15.4. The minimum absolute atomic E-state index is 0.237. The molecule has 0 aliphatic heterocycles. The number of carbonyl (C=O) groups is 2. The molecule has 1 aromatic heterocycles. The van der Waals surface area contributed by atoms with Crippen molar-refractivity contribution < 1.29 is 9.59 Å². The van der Waals surface area contributed by atoms with E-state index in [-0.39, 0.29) is 11.8 Å². The summed E-state index contributed by atoms with van der Waals surface area (Å²) in [4.78, 5) is 28.5.